The number of aromatic nitrogens is 2. The second-order valence-electron chi connectivity index (χ2n) is 9.44. The molecule has 1 amide bonds. The Labute approximate surface area is 197 Å². The van der Waals surface area contributed by atoms with Crippen LogP contribution in [0.3, 0.4) is 0 Å². The third-order valence-electron chi connectivity index (χ3n) is 6.14. The van der Waals surface area contributed by atoms with Gasteiger partial charge in [-0.1, -0.05) is 24.3 Å². The number of rotatable bonds is 2. The summed E-state index contributed by atoms with van der Waals surface area (Å²) >= 11 is 2.18. The van der Waals surface area contributed by atoms with Gasteiger partial charge in [0.15, 0.2) is 5.78 Å². The molecule has 0 unspecified atom stereocenters. The summed E-state index contributed by atoms with van der Waals surface area (Å²) in [6, 6.07) is 8.07. The minimum atomic E-state index is -0.508. The molecule has 2 fully saturated rings. The summed E-state index contributed by atoms with van der Waals surface area (Å²) in [5.74, 6) is 0.241. The zero-order valence-electron chi connectivity index (χ0n) is 18.2. The van der Waals surface area contributed by atoms with Crippen LogP contribution in [0, 0.1) is 5.41 Å². The second kappa shape index (κ2) is 8.41. The number of hydrogen-bond acceptors (Lipinski definition) is 4. The predicted octanol–water partition coefficient (Wildman–Crippen LogP) is 5.51. The summed E-state index contributed by atoms with van der Waals surface area (Å²) in [4.78, 5) is 32.0. The SMILES string of the molecule is CC(C)(C)OC(=O)N1CCC2(CC/C(=C\c3ccccc3-c3cn(I)cn3)C2=O)CC1. The van der Waals surface area contributed by atoms with E-state index in [-0.39, 0.29) is 17.3 Å². The van der Waals surface area contributed by atoms with Gasteiger partial charge in [0.2, 0.25) is 0 Å². The standard InChI is InChI=1S/C24H28IN3O3/c1-23(2,3)31-22(30)27-12-10-24(11-13-27)9-8-18(21(24)29)14-17-6-4-5-7-19(17)20-15-28(25)16-26-20/h4-7,14-16H,8-13H2,1-3H3/b18-14+. The van der Waals surface area contributed by atoms with Crippen molar-refractivity contribution in [1.82, 2.24) is 12.7 Å². The highest BCUT2D eigenvalue weighted by Gasteiger charge is 2.47. The van der Waals surface area contributed by atoms with Crippen LogP contribution >= 0.6 is 22.9 Å². The van der Waals surface area contributed by atoms with Gasteiger partial charge < -0.3 is 9.64 Å². The topological polar surface area (TPSA) is 64.4 Å². The average molecular weight is 533 g/mol. The minimum Gasteiger partial charge on any atom is -0.444 e. The van der Waals surface area contributed by atoms with Crippen LogP contribution in [0.2, 0.25) is 0 Å². The van der Waals surface area contributed by atoms with E-state index in [0.29, 0.717) is 25.9 Å². The molecule has 164 valence electrons. The number of benzene rings is 1. The van der Waals surface area contributed by atoms with E-state index >= 15 is 0 Å². The summed E-state index contributed by atoms with van der Waals surface area (Å²) in [7, 11) is 0. The van der Waals surface area contributed by atoms with E-state index in [1.165, 1.54) is 0 Å². The molecule has 2 aromatic rings. The zero-order chi connectivity index (χ0) is 22.2. The lowest BCUT2D eigenvalue weighted by Gasteiger charge is -2.38. The van der Waals surface area contributed by atoms with Gasteiger partial charge in [0, 0.05) is 30.3 Å². The molecule has 0 bridgehead atoms. The first-order valence-corrected chi connectivity index (χ1v) is 11.7. The van der Waals surface area contributed by atoms with Gasteiger partial charge in [-0.15, -0.1) is 0 Å². The predicted molar refractivity (Wildman–Crippen MR) is 129 cm³/mol. The Balaban J connectivity index is 1.50. The Morgan fingerprint density at radius 2 is 1.90 bits per heavy atom. The quantitative estimate of drug-likeness (QED) is 0.377. The molecule has 1 aromatic carbocycles. The fourth-order valence-corrected chi connectivity index (χ4v) is 4.87. The lowest BCUT2D eigenvalue weighted by atomic mass is 9.76. The molecular weight excluding hydrogens is 505 g/mol. The van der Waals surface area contributed by atoms with E-state index in [1.807, 2.05) is 60.1 Å². The van der Waals surface area contributed by atoms with Gasteiger partial charge >= 0.3 is 6.09 Å². The summed E-state index contributed by atoms with van der Waals surface area (Å²) in [5.41, 5.74) is 2.97. The van der Waals surface area contributed by atoms with Gasteiger partial charge in [-0.25, -0.2) is 9.78 Å². The maximum atomic E-state index is 13.4. The molecule has 1 aromatic heterocycles. The largest absolute Gasteiger partial charge is 0.444 e. The van der Waals surface area contributed by atoms with Crippen molar-refractivity contribution in [1.29, 1.82) is 0 Å². The molecule has 2 aliphatic rings. The fraction of sp³-hybridized carbons (Fsp3) is 0.458. The van der Waals surface area contributed by atoms with E-state index in [4.69, 9.17) is 4.74 Å². The normalized spacial score (nSPS) is 19.9. The monoisotopic (exact) mass is 533 g/mol. The molecular formula is C24H28IN3O3. The first-order valence-electron chi connectivity index (χ1n) is 10.7. The highest BCUT2D eigenvalue weighted by Crippen LogP contribution is 2.46. The number of Topliss-reactive ketones (excluding diaryl/α,β-unsaturated/α-hetero) is 1. The van der Waals surface area contributed by atoms with Crippen molar-refractivity contribution < 1.29 is 14.3 Å². The van der Waals surface area contributed by atoms with Gasteiger partial charge in [-0.2, -0.15) is 0 Å². The number of likely N-dealkylation sites (tertiary alicyclic amines) is 1. The lowest BCUT2D eigenvalue weighted by molar-refractivity contribution is -0.125. The molecule has 0 N–H and O–H groups in total. The van der Waals surface area contributed by atoms with Crippen LogP contribution in [0.15, 0.2) is 42.4 Å². The van der Waals surface area contributed by atoms with Crippen LogP contribution in [-0.2, 0) is 9.53 Å². The number of hydrogen-bond donors (Lipinski definition) is 0. The van der Waals surface area contributed by atoms with Crippen LogP contribution in [0.5, 0.6) is 0 Å². The number of allylic oxidation sites excluding steroid dienone is 1. The number of carbonyl (C=O) groups is 2. The molecule has 31 heavy (non-hydrogen) atoms. The second-order valence-corrected chi connectivity index (χ2v) is 10.6. The highest BCUT2D eigenvalue weighted by atomic mass is 127. The molecule has 1 aliphatic carbocycles. The van der Waals surface area contributed by atoms with Crippen molar-refractivity contribution >= 4 is 40.8 Å². The number of carbonyl (C=O) groups excluding carboxylic acids is 2. The number of nitrogens with zero attached hydrogens (tertiary/aromatic N) is 3. The summed E-state index contributed by atoms with van der Waals surface area (Å²) in [5, 5.41) is 0. The van der Waals surface area contributed by atoms with Crippen LogP contribution in [-0.4, -0.2) is 43.2 Å². The summed E-state index contributed by atoms with van der Waals surface area (Å²) in [6.45, 7) is 6.75. The van der Waals surface area contributed by atoms with E-state index in [2.05, 4.69) is 27.8 Å². The average Bonchev–Trinajstić information content (AvgIpc) is 3.27. The molecule has 1 saturated carbocycles. The maximum Gasteiger partial charge on any atom is 0.410 e. The molecule has 0 atom stereocenters. The van der Waals surface area contributed by atoms with Crippen molar-refractivity contribution in [3.05, 3.63) is 47.9 Å². The van der Waals surface area contributed by atoms with Gasteiger partial charge in [-0.3, -0.25) is 7.58 Å². The Morgan fingerprint density at radius 1 is 1.19 bits per heavy atom. The minimum absolute atomic E-state index is 0.241. The van der Waals surface area contributed by atoms with Gasteiger partial charge in [-0.05, 0) is 63.7 Å². The number of ether oxygens (including phenoxy) is 1. The number of amides is 1. The lowest BCUT2D eigenvalue weighted by Crippen LogP contribution is -2.46. The smallest absolute Gasteiger partial charge is 0.410 e. The van der Waals surface area contributed by atoms with Gasteiger partial charge in [0.05, 0.1) is 28.6 Å². The molecule has 1 spiro atoms. The molecule has 7 heteroatoms. The van der Waals surface area contributed by atoms with Gasteiger partial charge in [0.25, 0.3) is 0 Å². The first kappa shape index (κ1) is 22.0. The molecule has 4 rings (SSSR count). The van der Waals surface area contributed by atoms with E-state index in [0.717, 1.165) is 35.2 Å². The van der Waals surface area contributed by atoms with E-state index < -0.39 is 5.60 Å². The van der Waals surface area contributed by atoms with Crippen molar-refractivity contribution in [3.63, 3.8) is 0 Å². The van der Waals surface area contributed by atoms with Crippen molar-refractivity contribution in [2.75, 3.05) is 13.1 Å². The third kappa shape index (κ3) is 4.71. The van der Waals surface area contributed by atoms with Crippen molar-refractivity contribution in [3.8, 4) is 11.3 Å². The molecule has 1 aliphatic heterocycles. The maximum absolute atomic E-state index is 13.4. The number of halogens is 1. The van der Waals surface area contributed by atoms with Crippen LogP contribution in [0.25, 0.3) is 17.3 Å². The Kier molecular flexibility index (Phi) is 5.98. The van der Waals surface area contributed by atoms with Crippen LogP contribution < -0.4 is 0 Å². The molecule has 2 heterocycles. The first-order chi connectivity index (χ1) is 14.7. The Morgan fingerprint density at radius 3 is 2.55 bits per heavy atom. The van der Waals surface area contributed by atoms with E-state index in [9.17, 15) is 9.59 Å². The fourth-order valence-electron chi connectivity index (χ4n) is 4.48. The number of ketones is 1. The number of imidazole rings is 1. The van der Waals surface area contributed by atoms with Crippen LogP contribution in [0.1, 0.15) is 52.0 Å². The summed E-state index contributed by atoms with van der Waals surface area (Å²) < 4.78 is 7.39. The Bertz CT molecular complexity index is 1030. The van der Waals surface area contributed by atoms with Crippen molar-refractivity contribution in [2.45, 2.75) is 52.1 Å². The van der Waals surface area contributed by atoms with Crippen molar-refractivity contribution in [2.24, 2.45) is 5.41 Å². The molecule has 6 nitrogen and oxygen atoms in total. The third-order valence-corrected chi connectivity index (χ3v) is 6.67. The Hall–Kier alpha value is -2.16. The van der Waals surface area contributed by atoms with Crippen LogP contribution in [0.4, 0.5) is 4.79 Å². The summed E-state index contributed by atoms with van der Waals surface area (Å²) in [6.07, 6.45) is 8.53. The molecule has 0 radical (unpaired) electrons. The molecule has 1 saturated heterocycles. The number of piperidine rings is 1. The van der Waals surface area contributed by atoms with Gasteiger partial charge in [0.1, 0.15) is 11.9 Å². The highest BCUT2D eigenvalue weighted by molar-refractivity contribution is 14.1. The zero-order valence-corrected chi connectivity index (χ0v) is 20.4. The van der Waals surface area contributed by atoms with E-state index in [1.54, 1.807) is 11.2 Å².